The molecule has 0 bridgehead atoms. The first-order valence-electron chi connectivity index (χ1n) is 9.29. The summed E-state index contributed by atoms with van der Waals surface area (Å²) in [7, 11) is 1.72. The molecule has 0 radical (unpaired) electrons. The van der Waals surface area contributed by atoms with Gasteiger partial charge in [0.1, 0.15) is 11.6 Å². The summed E-state index contributed by atoms with van der Waals surface area (Å²) in [5, 5.41) is 0. The summed E-state index contributed by atoms with van der Waals surface area (Å²) in [6.45, 7) is 4.03. The maximum atomic E-state index is 13.2. The normalized spacial score (nSPS) is 17.0. The minimum Gasteiger partial charge on any atom is -0.383 e. The maximum absolute atomic E-state index is 13.2. The third-order valence-corrected chi connectivity index (χ3v) is 5.18. The average molecular weight is 365 g/mol. The number of imidazole rings is 1. The highest BCUT2D eigenvalue weighted by molar-refractivity contribution is 5.37. The highest BCUT2D eigenvalue weighted by Gasteiger charge is 2.29. The Labute approximate surface area is 159 Å². The molecule has 0 saturated heterocycles. The average Bonchev–Trinajstić information content (AvgIpc) is 3.16. The van der Waals surface area contributed by atoms with E-state index in [2.05, 4.69) is 38.7 Å². The zero-order valence-electron chi connectivity index (χ0n) is 15.5. The van der Waals surface area contributed by atoms with Crippen molar-refractivity contribution < 1.29 is 9.13 Å². The standard InChI is InChI=1S/C22H24FN3O/c1-27-13-12-26-11-10-24-22(26)21-16-25(14-17-6-8-19(23)9-7-17)15-18-4-2-3-5-20(18)21/h2-11,21H,12-16H2,1H3. The lowest BCUT2D eigenvalue weighted by Gasteiger charge is -2.34. The lowest BCUT2D eigenvalue weighted by Crippen LogP contribution is -2.35. The van der Waals surface area contributed by atoms with Gasteiger partial charge in [-0.15, -0.1) is 0 Å². The van der Waals surface area contributed by atoms with Gasteiger partial charge in [-0.1, -0.05) is 36.4 Å². The maximum Gasteiger partial charge on any atom is 0.123 e. The summed E-state index contributed by atoms with van der Waals surface area (Å²) in [4.78, 5) is 7.09. The molecule has 27 heavy (non-hydrogen) atoms. The molecule has 1 atom stereocenters. The van der Waals surface area contributed by atoms with Crippen molar-refractivity contribution in [1.82, 2.24) is 14.5 Å². The molecule has 1 aromatic heterocycles. The first-order chi connectivity index (χ1) is 13.2. The molecule has 0 saturated carbocycles. The van der Waals surface area contributed by atoms with Crippen molar-refractivity contribution in [2.24, 2.45) is 0 Å². The highest BCUT2D eigenvalue weighted by atomic mass is 19.1. The minimum absolute atomic E-state index is 0.194. The van der Waals surface area contributed by atoms with Crippen molar-refractivity contribution in [3.63, 3.8) is 0 Å². The first-order valence-corrected chi connectivity index (χ1v) is 9.29. The molecule has 0 aliphatic carbocycles. The molecule has 1 unspecified atom stereocenters. The van der Waals surface area contributed by atoms with Crippen LogP contribution in [0.2, 0.25) is 0 Å². The second-order valence-electron chi connectivity index (χ2n) is 7.02. The fourth-order valence-corrected chi connectivity index (χ4v) is 3.88. The molecule has 1 aliphatic rings. The second-order valence-corrected chi connectivity index (χ2v) is 7.02. The number of aromatic nitrogens is 2. The van der Waals surface area contributed by atoms with Gasteiger partial charge in [0.2, 0.25) is 0 Å². The van der Waals surface area contributed by atoms with Crippen LogP contribution in [0.15, 0.2) is 60.9 Å². The molecule has 4 nitrogen and oxygen atoms in total. The van der Waals surface area contributed by atoms with E-state index < -0.39 is 0 Å². The SMILES string of the molecule is COCCn1ccnc1C1CN(Cc2ccc(F)cc2)Cc2ccccc21. The molecule has 0 N–H and O–H groups in total. The zero-order chi connectivity index (χ0) is 18.6. The van der Waals surface area contributed by atoms with E-state index >= 15 is 0 Å². The lowest BCUT2D eigenvalue weighted by molar-refractivity contribution is 0.184. The van der Waals surface area contributed by atoms with E-state index in [1.54, 1.807) is 7.11 Å². The van der Waals surface area contributed by atoms with E-state index in [9.17, 15) is 4.39 Å². The second kappa shape index (κ2) is 8.03. The molecule has 0 amide bonds. The summed E-state index contributed by atoms with van der Waals surface area (Å²) in [5.41, 5.74) is 3.80. The molecule has 0 spiro atoms. The van der Waals surface area contributed by atoms with Crippen LogP contribution in [0.5, 0.6) is 0 Å². The summed E-state index contributed by atoms with van der Waals surface area (Å²) in [5.74, 6) is 1.09. The van der Waals surface area contributed by atoms with E-state index in [4.69, 9.17) is 4.74 Å². The van der Waals surface area contributed by atoms with Gasteiger partial charge in [0.25, 0.3) is 0 Å². The number of hydrogen-bond acceptors (Lipinski definition) is 3. The molecule has 140 valence electrons. The number of fused-ring (bicyclic) bond motifs is 1. The van der Waals surface area contributed by atoms with Crippen LogP contribution in [-0.4, -0.2) is 34.7 Å². The molecule has 1 aliphatic heterocycles. The van der Waals surface area contributed by atoms with Crippen molar-refractivity contribution in [2.45, 2.75) is 25.6 Å². The molecule has 0 fully saturated rings. The number of benzene rings is 2. The van der Waals surface area contributed by atoms with Gasteiger partial charge < -0.3 is 9.30 Å². The van der Waals surface area contributed by atoms with Crippen LogP contribution in [0.25, 0.3) is 0 Å². The summed E-state index contributed by atoms with van der Waals surface area (Å²) < 4.78 is 20.7. The zero-order valence-corrected chi connectivity index (χ0v) is 15.5. The van der Waals surface area contributed by atoms with Crippen LogP contribution in [0.1, 0.15) is 28.4 Å². The van der Waals surface area contributed by atoms with E-state index in [-0.39, 0.29) is 11.7 Å². The fraction of sp³-hybridized carbons (Fsp3) is 0.318. The molecule has 2 aromatic carbocycles. The Bertz CT molecular complexity index is 891. The third-order valence-electron chi connectivity index (χ3n) is 5.18. The van der Waals surface area contributed by atoms with E-state index in [0.717, 1.165) is 37.6 Å². The minimum atomic E-state index is -0.194. The summed E-state index contributed by atoms with van der Waals surface area (Å²) >= 11 is 0. The van der Waals surface area contributed by atoms with E-state index in [1.165, 1.54) is 23.3 Å². The van der Waals surface area contributed by atoms with Gasteiger partial charge in [-0.3, -0.25) is 4.90 Å². The van der Waals surface area contributed by atoms with Crippen molar-refractivity contribution >= 4 is 0 Å². The van der Waals surface area contributed by atoms with Crippen LogP contribution < -0.4 is 0 Å². The fourth-order valence-electron chi connectivity index (χ4n) is 3.88. The topological polar surface area (TPSA) is 30.3 Å². The first kappa shape index (κ1) is 17.9. The summed E-state index contributed by atoms with van der Waals surface area (Å²) in [6.07, 6.45) is 3.89. The predicted octanol–water partition coefficient (Wildman–Crippen LogP) is 3.82. The number of methoxy groups -OCH3 is 1. The van der Waals surface area contributed by atoms with Gasteiger partial charge >= 0.3 is 0 Å². The smallest absolute Gasteiger partial charge is 0.123 e. The van der Waals surface area contributed by atoms with E-state index in [0.29, 0.717) is 6.61 Å². The number of halogens is 1. The van der Waals surface area contributed by atoms with Gasteiger partial charge in [-0.05, 0) is 28.8 Å². The van der Waals surface area contributed by atoms with Crippen molar-refractivity contribution in [3.05, 3.63) is 89.3 Å². The molecular weight excluding hydrogens is 341 g/mol. The number of hydrogen-bond donors (Lipinski definition) is 0. The van der Waals surface area contributed by atoms with Gasteiger partial charge in [-0.25, -0.2) is 9.37 Å². The Morgan fingerprint density at radius 1 is 1.15 bits per heavy atom. The monoisotopic (exact) mass is 365 g/mol. The molecule has 5 heteroatoms. The van der Waals surface area contributed by atoms with Crippen LogP contribution in [0.3, 0.4) is 0 Å². The third kappa shape index (κ3) is 3.94. The number of ether oxygens (including phenoxy) is 1. The largest absolute Gasteiger partial charge is 0.383 e. The van der Waals surface area contributed by atoms with E-state index in [1.807, 2.05) is 24.5 Å². The number of rotatable bonds is 6. The summed E-state index contributed by atoms with van der Waals surface area (Å²) in [6, 6.07) is 15.4. The Morgan fingerprint density at radius 2 is 1.96 bits per heavy atom. The number of nitrogens with zero attached hydrogens (tertiary/aromatic N) is 3. The Balaban J connectivity index is 1.62. The van der Waals surface area contributed by atoms with Crippen LogP contribution in [-0.2, 0) is 24.4 Å². The Morgan fingerprint density at radius 3 is 2.78 bits per heavy atom. The van der Waals surface area contributed by atoms with Crippen LogP contribution >= 0.6 is 0 Å². The van der Waals surface area contributed by atoms with Gasteiger partial charge in [0.05, 0.1) is 12.5 Å². The van der Waals surface area contributed by atoms with Crippen LogP contribution in [0, 0.1) is 5.82 Å². The quantitative estimate of drug-likeness (QED) is 0.665. The van der Waals surface area contributed by atoms with Crippen molar-refractivity contribution in [1.29, 1.82) is 0 Å². The Kier molecular flexibility index (Phi) is 5.32. The van der Waals surface area contributed by atoms with Gasteiger partial charge in [-0.2, -0.15) is 0 Å². The molecular formula is C22H24FN3O. The molecule has 2 heterocycles. The molecule has 3 aromatic rings. The highest BCUT2D eigenvalue weighted by Crippen LogP contribution is 2.33. The molecule has 4 rings (SSSR count). The predicted molar refractivity (Wildman–Crippen MR) is 103 cm³/mol. The van der Waals surface area contributed by atoms with Gasteiger partial charge in [0.15, 0.2) is 0 Å². The van der Waals surface area contributed by atoms with Gasteiger partial charge in [0, 0.05) is 45.7 Å². The lowest BCUT2D eigenvalue weighted by atomic mass is 9.88. The Hall–Kier alpha value is -2.50. The van der Waals surface area contributed by atoms with Crippen LogP contribution in [0.4, 0.5) is 4.39 Å². The van der Waals surface area contributed by atoms with Crippen molar-refractivity contribution in [2.75, 3.05) is 20.3 Å². The van der Waals surface area contributed by atoms with Crippen molar-refractivity contribution in [3.8, 4) is 0 Å².